The van der Waals surface area contributed by atoms with Crippen LogP contribution in [0.1, 0.15) is 25.7 Å². The number of piperidine rings is 1. The zero-order valence-electron chi connectivity index (χ0n) is 12.6. The monoisotopic (exact) mass is 281 g/mol. The van der Waals surface area contributed by atoms with E-state index in [2.05, 4.69) is 15.1 Å². The molecular weight excluding hydrogens is 254 g/mol. The van der Waals surface area contributed by atoms with Gasteiger partial charge in [0.25, 0.3) is 0 Å². The van der Waals surface area contributed by atoms with Crippen molar-refractivity contribution in [2.45, 2.75) is 31.7 Å². The Morgan fingerprint density at radius 2 is 2.25 bits per heavy atom. The summed E-state index contributed by atoms with van der Waals surface area (Å²) in [6.07, 6.45) is 4.79. The molecule has 1 N–H and O–H groups in total. The van der Waals surface area contributed by atoms with Crippen molar-refractivity contribution >= 4 is 5.91 Å². The molecule has 5 nitrogen and oxygen atoms in total. The molecule has 20 heavy (non-hydrogen) atoms. The van der Waals surface area contributed by atoms with Crippen LogP contribution in [-0.4, -0.2) is 74.7 Å². The van der Waals surface area contributed by atoms with E-state index in [1.807, 2.05) is 0 Å². The van der Waals surface area contributed by atoms with Crippen LogP contribution in [0, 0.1) is 5.41 Å². The summed E-state index contributed by atoms with van der Waals surface area (Å²) >= 11 is 0. The maximum Gasteiger partial charge on any atom is 0.232 e. The van der Waals surface area contributed by atoms with E-state index in [4.69, 9.17) is 4.74 Å². The van der Waals surface area contributed by atoms with Crippen LogP contribution in [0.15, 0.2) is 0 Å². The number of fused-ring (bicyclic) bond motifs is 1. The number of carbonyl (C=O) groups excluding carboxylic acids is 1. The van der Waals surface area contributed by atoms with E-state index in [-0.39, 0.29) is 5.41 Å². The molecule has 114 valence electrons. The molecular formula is C15H27N3O2. The molecule has 1 amide bonds. The van der Waals surface area contributed by atoms with Crippen molar-refractivity contribution in [3.63, 3.8) is 0 Å². The molecule has 3 heterocycles. The van der Waals surface area contributed by atoms with Crippen LogP contribution in [0.2, 0.25) is 0 Å². The Hall–Kier alpha value is -0.650. The molecule has 3 aliphatic heterocycles. The molecule has 2 atom stereocenters. The van der Waals surface area contributed by atoms with Gasteiger partial charge in [0.05, 0.1) is 12.0 Å². The molecule has 0 aromatic rings. The van der Waals surface area contributed by atoms with Gasteiger partial charge in [-0.25, -0.2) is 0 Å². The SMILES string of the molecule is COCC1(C(=O)N2CCN3CCCCC3C2)CCNC1. The number of amides is 1. The van der Waals surface area contributed by atoms with Crippen LogP contribution in [0.5, 0.6) is 0 Å². The van der Waals surface area contributed by atoms with Gasteiger partial charge in [-0.15, -0.1) is 0 Å². The summed E-state index contributed by atoms with van der Waals surface area (Å²) in [6, 6.07) is 0.593. The second kappa shape index (κ2) is 6.00. The first kappa shape index (κ1) is 14.3. The fourth-order valence-corrected chi connectivity index (χ4v) is 4.06. The molecule has 0 saturated carbocycles. The molecule has 3 aliphatic rings. The standard InChI is InChI=1S/C15H27N3O2/c1-20-12-15(5-6-16-11-15)14(19)18-9-8-17-7-3-2-4-13(17)10-18/h13,16H,2-12H2,1H3. The van der Waals surface area contributed by atoms with Gasteiger partial charge >= 0.3 is 0 Å². The van der Waals surface area contributed by atoms with Crippen LogP contribution >= 0.6 is 0 Å². The summed E-state index contributed by atoms with van der Waals surface area (Å²) in [7, 11) is 1.70. The van der Waals surface area contributed by atoms with Crippen molar-refractivity contribution in [1.82, 2.24) is 15.1 Å². The second-order valence-corrected chi connectivity index (χ2v) is 6.58. The number of piperazine rings is 1. The Kier molecular flexibility index (Phi) is 4.29. The predicted molar refractivity (Wildman–Crippen MR) is 77.6 cm³/mol. The first-order chi connectivity index (χ1) is 9.75. The lowest BCUT2D eigenvalue weighted by Gasteiger charge is -2.46. The second-order valence-electron chi connectivity index (χ2n) is 6.58. The first-order valence-electron chi connectivity index (χ1n) is 7.98. The van der Waals surface area contributed by atoms with E-state index in [1.165, 1.54) is 25.8 Å². The lowest BCUT2D eigenvalue weighted by atomic mass is 9.85. The summed E-state index contributed by atoms with van der Waals surface area (Å²) in [5, 5.41) is 3.34. The normalized spacial score (nSPS) is 35.0. The number of hydrogen-bond acceptors (Lipinski definition) is 4. The Bertz CT molecular complexity index is 355. The summed E-state index contributed by atoms with van der Waals surface area (Å²) in [6.45, 7) is 6.32. The number of carbonyl (C=O) groups is 1. The van der Waals surface area contributed by atoms with Crippen LogP contribution in [0.4, 0.5) is 0 Å². The van der Waals surface area contributed by atoms with Gasteiger partial charge in [0.15, 0.2) is 0 Å². The maximum absolute atomic E-state index is 13.0. The van der Waals surface area contributed by atoms with Crippen molar-refractivity contribution in [1.29, 1.82) is 0 Å². The first-order valence-corrected chi connectivity index (χ1v) is 7.98. The van der Waals surface area contributed by atoms with Gasteiger partial charge < -0.3 is 15.0 Å². The van der Waals surface area contributed by atoms with Crippen LogP contribution in [0.3, 0.4) is 0 Å². The summed E-state index contributed by atoms with van der Waals surface area (Å²) in [5.41, 5.74) is -0.314. The highest BCUT2D eigenvalue weighted by atomic mass is 16.5. The minimum Gasteiger partial charge on any atom is -0.384 e. The van der Waals surface area contributed by atoms with Gasteiger partial charge in [-0.2, -0.15) is 0 Å². The van der Waals surface area contributed by atoms with E-state index < -0.39 is 0 Å². The molecule has 5 heteroatoms. The highest BCUT2D eigenvalue weighted by Gasteiger charge is 2.45. The minimum atomic E-state index is -0.314. The molecule has 0 aliphatic carbocycles. The highest BCUT2D eigenvalue weighted by Crippen LogP contribution is 2.30. The van der Waals surface area contributed by atoms with Crippen molar-refractivity contribution in [2.24, 2.45) is 5.41 Å². The molecule has 0 bridgehead atoms. The van der Waals surface area contributed by atoms with Gasteiger partial charge in [0.1, 0.15) is 0 Å². The fourth-order valence-electron chi connectivity index (χ4n) is 4.06. The summed E-state index contributed by atoms with van der Waals surface area (Å²) in [4.78, 5) is 17.7. The third kappa shape index (κ3) is 2.59. The quantitative estimate of drug-likeness (QED) is 0.809. The van der Waals surface area contributed by atoms with Gasteiger partial charge in [-0.05, 0) is 32.4 Å². The van der Waals surface area contributed by atoms with Gasteiger partial charge in [0.2, 0.25) is 5.91 Å². The number of nitrogens with one attached hydrogen (secondary N) is 1. The van der Waals surface area contributed by atoms with Gasteiger partial charge in [-0.3, -0.25) is 9.69 Å². The molecule has 0 radical (unpaired) electrons. The average Bonchev–Trinajstić information content (AvgIpc) is 2.96. The van der Waals surface area contributed by atoms with Crippen LogP contribution in [0.25, 0.3) is 0 Å². The van der Waals surface area contributed by atoms with E-state index in [0.717, 1.165) is 39.1 Å². The molecule has 2 unspecified atom stereocenters. The van der Waals surface area contributed by atoms with Crippen molar-refractivity contribution in [3.8, 4) is 0 Å². The van der Waals surface area contributed by atoms with Gasteiger partial charge in [-0.1, -0.05) is 6.42 Å². The number of rotatable bonds is 3. The average molecular weight is 281 g/mol. The zero-order chi connectivity index (χ0) is 14.0. The maximum atomic E-state index is 13.0. The Morgan fingerprint density at radius 1 is 1.35 bits per heavy atom. The zero-order valence-corrected chi connectivity index (χ0v) is 12.6. The van der Waals surface area contributed by atoms with E-state index in [0.29, 0.717) is 18.6 Å². The largest absolute Gasteiger partial charge is 0.384 e. The molecule has 0 spiro atoms. The smallest absolute Gasteiger partial charge is 0.232 e. The molecule has 3 saturated heterocycles. The van der Waals surface area contributed by atoms with Gasteiger partial charge in [0, 0.05) is 39.3 Å². The third-order valence-corrected chi connectivity index (χ3v) is 5.24. The van der Waals surface area contributed by atoms with E-state index in [1.54, 1.807) is 7.11 Å². The lowest BCUT2D eigenvalue weighted by Crippen LogP contribution is -2.59. The predicted octanol–water partition coefficient (Wildman–Crippen LogP) is 0.309. The highest BCUT2D eigenvalue weighted by molar-refractivity contribution is 5.83. The molecule has 3 rings (SSSR count). The Labute approximate surface area is 121 Å². The fraction of sp³-hybridized carbons (Fsp3) is 0.933. The number of methoxy groups -OCH3 is 1. The Morgan fingerprint density at radius 3 is 3.00 bits per heavy atom. The summed E-state index contributed by atoms with van der Waals surface area (Å²) in [5.74, 6) is 0.314. The molecule has 0 aromatic carbocycles. The topological polar surface area (TPSA) is 44.8 Å². The molecule has 3 fully saturated rings. The number of nitrogens with zero attached hydrogens (tertiary/aromatic N) is 2. The van der Waals surface area contributed by atoms with Crippen molar-refractivity contribution in [2.75, 3.05) is 53.0 Å². The van der Waals surface area contributed by atoms with Crippen LogP contribution in [-0.2, 0) is 9.53 Å². The number of hydrogen-bond donors (Lipinski definition) is 1. The Balaban J connectivity index is 1.67. The van der Waals surface area contributed by atoms with E-state index in [9.17, 15) is 4.79 Å². The summed E-state index contributed by atoms with van der Waals surface area (Å²) < 4.78 is 5.35. The minimum absolute atomic E-state index is 0.314. The van der Waals surface area contributed by atoms with Crippen molar-refractivity contribution in [3.05, 3.63) is 0 Å². The van der Waals surface area contributed by atoms with E-state index >= 15 is 0 Å². The number of ether oxygens (including phenoxy) is 1. The van der Waals surface area contributed by atoms with Crippen LogP contribution < -0.4 is 5.32 Å². The molecule has 0 aromatic heterocycles. The van der Waals surface area contributed by atoms with Crippen molar-refractivity contribution < 1.29 is 9.53 Å². The third-order valence-electron chi connectivity index (χ3n) is 5.24. The lowest BCUT2D eigenvalue weighted by molar-refractivity contribution is -0.147.